The number of fused-ring (bicyclic) bond motifs is 1. The summed E-state index contributed by atoms with van der Waals surface area (Å²) in [5.41, 5.74) is 6.97. The Kier molecular flexibility index (Phi) is 10.3. The molecule has 0 fully saturated rings. The number of amides is 1. The van der Waals surface area contributed by atoms with Gasteiger partial charge in [0.1, 0.15) is 5.82 Å². The lowest BCUT2D eigenvalue weighted by molar-refractivity contribution is -0.117. The van der Waals surface area contributed by atoms with E-state index in [1.54, 1.807) is 25.4 Å². The summed E-state index contributed by atoms with van der Waals surface area (Å²) in [6.45, 7) is 8.64. The third-order valence-corrected chi connectivity index (χ3v) is 8.00. The van der Waals surface area contributed by atoms with Crippen LogP contribution in [-0.2, 0) is 28.8 Å². The average Bonchev–Trinajstić information content (AvgIpc) is 2.94. The summed E-state index contributed by atoms with van der Waals surface area (Å²) in [5.74, 6) is -0.663. The minimum atomic E-state index is -0.337. The predicted molar refractivity (Wildman–Crippen MR) is 165 cm³/mol. The molecule has 3 aromatic rings. The Morgan fingerprint density at radius 3 is 2.62 bits per heavy atom. The minimum Gasteiger partial charge on any atom is -0.376 e. The third kappa shape index (κ3) is 7.26. The number of rotatable bonds is 12. The Hall–Kier alpha value is -3.29. The summed E-state index contributed by atoms with van der Waals surface area (Å²) in [7, 11) is 1.67. The molecular formula is C33H37BrFN3O2. The number of nitrogens with zero attached hydrogens (tertiary/aromatic N) is 1. The van der Waals surface area contributed by atoms with E-state index in [4.69, 9.17) is 4.74 Å². The first-order valence-corrected chi connectivity index (χ1v) is 14.7. The van der Waals surface area contributed by atoms with Gasteiger partial charge in [0, 0.05) is 37.3 Å². The molecule has 1 heterocycles. The maximum Gasteiger partial charge on any atom is 0.267 e. The number of anilines is 1. The van der Waals surface area contributed by atoms with Gasteiger partial charge < -0.3 is 15.4 Å². The van der Waals surface area contributed by atoms with Crippen LogP contribution in [0.25, 0.3) is 10.9 Å². The molecule has 1 aliphatic rings. The van der Waals surface area contributed by atoms with Crippen LogP contribution in [0.2, 0.25) is 0 Å². The molecule has 2 N–H and O–H groups in total. The molecule has 1 aliphatic carbocycles. The van der Waals surface area contributed by atoms with Crippen molar-refractivity contribution in [2.75, 3.05) is 19.0 Å². The van der Waals surface area contributed by atoms with Crippen molar-refractivity contribution in [3.63, 3.8) is 0 Å². The first-order valence-electron chi connectivity index (χ1n) is 13.8. The fourth-order valence-corrected chi connectivity index (χ4v) is 5.74. The zero-order valence-electron chi connectivity index (χ0n) is 23.4. The Labute approximate surface area is 244 Å². The number of pyridine rings is 1. The summed E-state index contributed by atoms with van der Waals surface area (Å²) in [5, 5.41) is 6.87. The highest BCUT2D eigenvalue weighted by Crippen LogP contribution is 2.27. The highest BCUT2D eigenvalue weighted by molar-refractivity contribution is 9.09. The number of carbonyl (C=O) groups excluding carboxylic acids is 1. The van der Waals surface area contributed by atoms with E-state index in [9.17, 15) is 4.79 Å². The summed E-state index contributed by atoms with van der Waals surface area (Å²) in [6, 6.07) is 11.3. The lowest BCUT2D eigenvalue weighted by atomic mass is 9.94. The zero-order valence-corrected chi connectivity index (χ0v) is 25.0. The fourth-order valence-electron chi connectivity index (χ4n) is 5.01. The van der Waals surface area contributed by atoms with Crippen molar-refractivity contribution in [3.8, 4) is 0 Å². The summed E-state index contributed by atoms with van der Waals surface area (Å²) < 4.78 is 20.5. The number of alkyl halides is 1. The first kappa shape index (κ1) is 29.7. The second-order valence-electron chi connectivity index (χ2n) is 10.0. The van der Waals surface area contributed by atoms with Crippen LogP contribution >= 0.6 is 15.9 Å². The third-order valence-electron chi connectivity index (χ3n) is 7.22. The summed E-state index contributed by atoms with van der Waals surface area (Å²) in [4.78, 5) is 17.2. The molecule has 210 valence electrons. The Balaban J connectivity index is 1.37. The zero-order chi connectivity index (χ0) is 28.6. The van der Waals surface area contributed by atoms with Gasteiger partial charge in [-0.05, 0) is 77.4 Å². The molecule has 0 spiro atoms. The molecule has 0 aliphatic heterocycles. The van der Waals surface area contributed by atoms with Crippen LogP contribution in [0.4, 0.5) is 10.1 Å². The largest absolute Gasteiger partial charge is 0.376 e. The smallest absolute Gasteiger partial charge is 0.267 e. The topological polar surface area (TPSA) is 63.2 Å². The van der Waals surface area contributed by atoms with Crippen molar-refractivity contribution in [2.45, 2.75) is 56.9 Å². The number of hydrogen-bond donors (Lipinski definition) is 2. The van der Waals surface area contributed by atoms with Crippen molar-refractivity contribution in [1.82, 2.24) is 10.3 Å². The molecule has 0 radical (unpaired) electrons. The summed E-state index contributed by atoms with van der Waals surface area (Å²) >= 11 is 3.59. The second kappa shape index (κ2) is 13.9. The molecule has 1 amide bonds. The van der Waals surface area contributed by atoms with Crippen molar-refractivity contribution in [3.05, 3.63) is 107 Å². The second-order valence-corrected chi connectivity index (χ2v) is 11.1. The molecule has 2 atom stereocenters. The van der Waals surface area contributed by atoms with Crippen molar-refractivity contribution in [2.24, 2.45) is 0 Å². The van der Waals surface area contributed by atoms with Gasteiger partial charge in [0.2, 0.25) is 0 Å². The number of hydrogen-bond acceptors (Lipinski definition) is 4. The monoisotopic (exact) mass is 605 g/mol. The lowest BCUT2D eigenvalue weighted by Gasteiger charge is -2.20. The van der Waals surface area contributed by atoms with Gasteiger partial charge in [-0.15, -0.1) is 0 Å². The Bertz CT molecular complexity index is 1450. The maximum absolute atomic E-state index is 15.2. The SMILES string of the molecule is C=C(Nc1ccc(Cc2ccnc3cc(CCC)c(CC)cc23)c(F)c1)C(=O)NCCC1=CC(Br)C(OC)C=C1. The molecule has 0 saturated carbocycles. The highest BCUT2D eigenvalue weighted by atomic mass is 79.9. The van der Waals surface area contributed by atoms with Crippen LogP contribution in [0.15, 0.2) is 78.7 Å². The van der Waals surface area contributed by atoms with E-state index in [1.165, 1.54) is 17.2 Å². The van der Waals surface area contributed by atoms with Gasteiger partial charge in [-0.1, -0.05) is 67.1 Å². The van der Waals surface area contributed by atoms with Gasteiger partial charge in [-0.2, -0.15) is 0 Å². The Morgan fingerprint density at radius 2 is 1.93 bits per heavy atom. The van der Waals surface area contributed by atoms with E-state index in [2.05, 4.69) is 70.2 Å². The lowest BCUT2D eigenvalue weighted by Crippen LogP contribution is -2.29. The number of allylic oxidation sites excluding steroid dienone is 1. The predicted octanol–water partition coefficient (Wildman–Crippen LogP) is 7.19. The number of benzene rings is 2. The number of carbonyl (C=O) groups is 1. The van der Waals surface area contributed by atoms with Crippen LogP contribution in [-0.4, -0.2) is 35.5 Å². The van der Waals surface area contributed by atoms with Crippen LogP contribution in [0.5, 0.6) is 0 Å². The number of aryl methyl sites for hydroxylation is 2. The number of ether oxygens (including phenoxy) is 1. The maximum atomic E-state index is 15.2. The number of aromatic nitrogens is 1. The van der Waals surface area contributed by atoms with Gasteiger partial charge in [-0.25, -0.2) is 4.39 Å². The van der Waals surface area contributed by atoms with Crippen LogP contribution in [0.3, 0.4) is 0 Å². The highest BCUT2D eigenvalue weighted by Gasteiger charge is 2.18. The van der Waals surface area contributed by atoms with E-state index in [1.807, 2.05) is 18.2 Å². The van der Waals surface area contributed by atoms with Gasteiger partial charge in [0.15, 0.2) is 0 Å². The summed E-state index contributed by atoms with van der Waals surface area (Å²) in [6.07, 6.45) is 12.1. The van der Waals surface area contributed by atoms with Crippen LogP contribution in [0, 0.1) is 5.82 Å². The Morgan fingerprint density at radius 1 is 1.10 bits per heavy atom. The quantitative estimate of drug-likeness (QED) is 0.169. The number of nitrogens with one attached hydrogen (secondary N) is 2. The van der Waals surface area contributed by atoms with Crippen molar-refractivity contribution in [1.29, 1.82) is 0 Å². The average molecular weight is 607 g/mol. The molecule has 5 nitrogen and oxygen atoms in total. The van der Waals surface area contributed by atoms with Crippen LogP contribution in [0.1, 0.15) is 48.9 Å². The van der Waals surface area contributed by atoms with E-state index in [-0.39, 0.29) is 28.4 Å². The standard InChI is InChI=1S/C33H37BrFN3O2/c1-5-7-24-19-31-28(18-23(24)6-2)25(13-15-36-31)17-26-9-10-27(20-30(26)35)38-21(3)33(39)37-14-12-22-8-11-32(40-4)29(34)16-22/h8-11,13,15-16,18-20,29,32,38H,3,5-7,12,14,17H2,1-2,4H3,(H,37,39). The number of methoxy groups -OCH3 is 1. The van der Waals surface area contributed by atoms with Crippen molar-refractivity contribution < 1.29 is 13.9 Å². The molecule has 0 saturated heterocycles. The molecule has 2 aromatic carbocycles. The molecule has 7 heteroatoms. The number of halogens is 2. The fraction of sp³-hybridized carbons (Fsp3) is 0.333. The molecule has 40 heavy (non-hydrogen) atoms. The first-order chi connectivity index (χ1) is 19.3. The molecule has 0 bridgehead atoms. The van der Waals surface area contributed by atoms with Gasteiger partial charge in [-0.3, -0.25) is 9.78 Å². The van der Waals surface area contributed by atoms with Gasteiger partial charge in [0.25, 0.3) is 5.91 Å². The van der Waals surface area contributed by atoms with E-state index in [0.29, 0.717) is 30.6 Å². The van der Waals surface area contributed by atoms with Crippen LogP contribution < -0.4 is 10.6 Å². The van der Waals surface area contributed by atoms with Gasteiger partial charge in [0.05, 0.1) is 22.1 Å². The molecule has 4 rings (SSSR count). The van der Waals surface area contributed by atoms with E-state index < -0.39 is 0 Å². The van der Waals surface area contributed by atoms with E-state index in [0.717, 1.165) is 41.3 Å². The minimum absolute atomic E-state index is 0.00539. The van der Waals surface area contributed by atoms with Gasteiger partial charge >= 0.3 is 0 Å². The molecule has 2 unspecified atom stereocenters. The van der Waals surface area contributed by atoms with E-state index >= 15 is 4.39 Å². The molecular weight excluding hydrogens is 569 g/mol. The normalized spacial score (nSPS) is 16.6. The molecule has 1 aromatic heterocycles. The van der Waals surface area contributed by atoms with Crippen molar-refractivity contribution >= 4 is 38.4 Å².